The molecule has 29 heavy (non-hydrogen) atoms. The number of rotatable bonds is 4. The van der Waals surface area contributed by atoms with Gasteiger partial charge < -0.3 is 20.1 Å². The van der Waals surface area contributed by atoms with Crippen LogP contribution in [-0.4, -0.2) is 27.6 Å². The zero-order chi connectivity index (χ0) is 21.0. The summed E-state index contributed by atoms with van der Waals surface area (Å²) >= 11 is 0. The van der Waals surface area contributed by atoms with Crippen LogP contribution in [0, 0.1) is 46.3 Å². The first-order chi connectivity index (χ1) is 13.7. The molecule has 4 aliphatic carbocycles. The van der Waals surface area contributed by atoms with Gasteiger partial charge in [-0.1, -0.05) is 26.7 Å². The number of carbonyl (C=O) groups is 2. The average molecular weight is 405 g/mol. The Morgan fingerprint density at radius 1 is 0.897 bits per heavy atom. The van der Waals surface area contributed by atoms with Crippen LogP contribution >= 0.6 is 0 Å². The van der Waals surface area contributed by atoms with Crippen LogP contribution in [-0.2, 0) is 9.59 Å². The summed E-state index contributed by atoms with van der Waals surface area (Å²) in [4.78, 5) is 23.0. The van der Waals surface area contributed by atoms with Gasteiger partial charge in [0.1, 0.15) is 6.29 Å². The fraction of sp³-hybridized carbons (Fsp3) is 0.833. The second-order valence-electron chi connectivity index (χ2n) is 10.8. The van der Waals surface area contributed by atoms with E-state index in [4.69, 9.17) is 5.11 Å². The Balaban J connectivity index is 1.62. The Labute approximate surface area is 173 Å². The van der Waals surface area contributed by atoms with Crippen LogP contribution in [0.3, 0.4) is 0 Å². The third-order valence-electron chi connectivity index (χ3n) is 10.00. The van der Waals surface area contributed by atoms with E-state index in [-0.39, 0.29) is 11.3 Å². The SMILES string of the molecule is C[C@]12CC[C@H]3[C@@H](CCC4CCCC[C@@]43C)[C@@H]1CC[C@@H]2[C@H](C=O)C(O)=C(O)C(=O)O. The van der Waals surface area contributed by atoms with Crippen LogP contribution in [0.15, 0.2) is 11.5 Å². The zero-order valence-corrected chi connectivity index (χ0v) is 17.8. The van der Waals surface area contributed by atoms with Crippen LogP contribution in [0.25, 0.3) is 0 Å². The van der Waals surface area contributed by atoms with E-state index in [1.807, 2.05) is 0 Å². The number of hydrogen-bond acceptors (Lipinski definition) is 4. The Morgan fingerprint density at radius 2 is 1.62 bits per heavy atom. The lowest BCUT2D eigenvalue weighted by molar-refractivity contribution is -0.136. The average Bonchev–Trinajstić information content (AvgIpc) is 3.04. The standard InChI is InChI=1S/C24H36O5/c1-23-11-4-3-5-14(23)6-7-15-17-8-9-18(24(17,2)12-10-19(15)23)16(13-25)20(26)21(27)22(28)29/h13-19,26-27H,3-12H2,1-2H3,(H,28,29)/t14?,15-,16-,17-,18+,19-,23-,24-/m0/s1. The predicted octanol–water partition coefficient (Wildman–Crippen LogP) is 5.26. The van der Waals surface area contributed by atoms with Crippen LogP contribution in [0.2, 0.25) is 0 Å². The summed E-state index contributed by atoms with van der Waals surface area (Å²) in [5, 5.41) is 29.2. The largest absolute Gasteiger partial charge is 0.507 e. The molecule has 4 aliphatic rings. The molecule has 0 aromatic carbocycles. The third kappa shape index (κ3) is 3.02. The highest BCUT2D eigenvalue weighted by molar-refractivity contribution is 5.85. The van der Waals surface area contributed by atoms with Crippen LogP contribution < -0.4 is 0 Å². The number of aliphatic carboxylic acids is 1. The van der Waals surface area contributed by atoms with Gasteiger partial charge in [-0.2, -0.15) is 0 Å². The second-order valence-corrected chi connectivity index (χ2v) is 10.8. The molecule has 4 saturated carbocycles. The minimum atomic E-state index is -1.58. The summed E-state index contributed by atoms with van der Waals surface area (Å²) in [7, 11) is 0. The molecule has 8 atom stereocenters. The van der Waals surface area contributed by atoms with Gasteiger partial charge in [0.05, 0.1) is 5.92 Å². The number of aliphatic hydroxyl groups is 2. The van der Waals surface area contributed by atoms with Gasteiger partial charge in [0.15, 0.2) is 5.76 Å². The predicted molar refractivity (Wildman–Crippen MR) is 109 cm³/mol. The van der Waals surface area contributed by atoms with E-state index in [0.29, 0.717) is 23.5 Å². The number of carboxylic acid groups (broad SMARTS) is 1. The minimum Gasteiger partial charge on any atom is -0.507 e. The molecule has 0 spiro atoms. The van der Waals surface area contributed by atoms with Crippen molar-refractivity contribution in [2.75, 3.05) is 0 Å². The first-order valence-electron chi connectivity index (χ1n) is 11.5. The number of carbonyl (C=O) groups excluding carboxylic acids is 1. The Kier molecular flexibility index (Phi) is 5.23. The molecule has 0 aromatic rings. The number of carboxylic acids is 1. The Morgan fingerprint density at radius 3 is 2.31 bits per heavy atom. The fourth-order valence-corrected chi connectivity index (χ4v) is 8.54. The number of aliphatic hydroxyl groups excluding tert-OH is 2. The van der Waals surface area contributed by atoms with Crippen molar-refractivity contribution in [2.24, 2.45) is 46.3 Å². The molecule has 5 heteroatoms. The van der Waals surface area contributed by atoms with Crippen LogP contribution in [0.4, 0.5) is 0 Å². The van der Waals surface area contributed by atoms with Crippen molar-refractivity contribution in [2.45, 2.75) is 78.1 Å². The summed E-state index contributed by atoms with van der Waals surface area (Å²) < 4.78 is 0. The summed E-state index contributed by atoms with van der Waals surface area (Å²) in [6.07, 6.45) is 12.7. The first-order valence-corrected chi connectivity index (χ1v) is 11.5. The molecule has 1 unspecified atom stereocenters. The fourth-order valence-electron chi connectivity index (χ4n) is 8.54. The Bertz CT molecular complexity index is 714. The molecule has 0 heterocycles. The van der Waals surface area contributed by atoms with E-state index >= 15 is 0 Å². The molecule has 3 N–H and O–H groups in total. The molecule has 0 aliphatic heterocycles. The van der Waals surface area contributed by atoms with Crippen molar-refractivity contribution >= 4 is 12.3 Å². The van der Waals surface area contributed by atoms with E-state index in [1.165, 1.54) is 44.9 Å². The van der Waals surface area contributed by atoms with Gasteiger partial charge in [-0.15, -0.1) is 0 Å². The topological polar surface area (TPSA) is 94.8 Å². The third-order valence-corrected chi connectivity index (χ3v) is 10.00. The molecule has 162 valence electrons. The first kappa shape index (κ1) is 20.7. The molecule has 0 aromatic heterocycles. The van der Waals surface area contributed by atoms with Gasteiger partial charge in [0, 0.05) is 0 Å². The van der Waals surface area contributed by atoms with Gasteiger partial charge in [0.2, 0.25) is 5.76 Å². The number of allylic oxidation sites excluding steroid dienone is 1. The van der Waals surface area contributed by atoms with Gasteiger partial charge in [-0.3, -0.25) is 0 Å². The summed E-state index contributed by atoms with van der Waals surface area (Å²) in [6.45, 7) is 4.79. The van der Waals surface area contributed by atoms with Gasteiger partial charge in [-0.25, -0.2) is 4.79 Å². The maximum absolute atomic E-state index is 11.9. The molecular weight excluding hydrogens is 368 g/mol. The van der Waals surface area contributed by atoms with E-state index in [1.54, 1.807) is 0 Å². The molecule has 4 rings (SSSR count). The number of hydrogen-bond donors (Lipinski definition) is 3. The van der Waals surface area contributed by atoms with Crippen molar-refractivity contribution in [1.29, 1.82) is 0 Å². The van der Waals surface area contributed by atoms with E-state index in [0.717, 1.165) is 31.1 Å². The van der Waals surface area contributed by atoms with Crippen molar-refractivity contribution in [3.8, 4) is 0 Å². The molecule has 0 radical (unpaired) electrons. The van der Waals surface area contributed by atoms with Crippen molar-refractivity contribution in [3.63, 3.8) is 0 Å². The van der Waals surface area contributed by atoms with Gasteiger partial charge in [0.25, 0.3) is 0 Å². The molecule has 0 bridgehead atoms. The van der Waals surface area contributed by atoms with Gasteiger partial charge in [-0.05, 0) is 91.8 Å². The molecule has 5 nitrogen and oxygen atoms in total. The summed E-state index contributed by atoms with van der Waals surface area (Å²) in [5.74, 6) is -1.56. The zero-order valence-electron chi connectivity index (χ0n) is 17.8. The molecule has 0 saturated heterocycles. The highest BCUT2D eigenvalue weighted by Crippen LogP contribution is 2.68. The van der Waals surface area contributed by atoms with Crippen molar-refractivity contribution in [1.82, 2.24) is 0 Å². The van der Waals surface area contributed by atoms with Crippen molar-refractivity contribution < 1.29 is 24.9 Å². The smallest absolute Gasteiger partial charge is 0.374 e. The highest BCUT2D eigenvalue weighted by Gasteiger charge is 2.61. The molecule has 0 amide bonds. The van der Waals surface area contributed by atoms with Crippen LogP contribution in [0.1, 0.15) is 78.1 Å². The quantitative estimate of drug-likeness (QED) is 0.337. The number of aldehydes is 1. The Hall–Kier alpha value is -1.52. The maximum atomic E-state index is 11.9. The molecular formula is C24H36O5. The van der Waals surface area contributed by atoms with Crippen molar-refractivity contribution in [3.05, 3.63) is 11.5 Å². The molecule has 4 fully saturated rings. The lowest BCUT2D eigenvalue weighted by atomic mass is 9.44. The maximum Gasteiger partial charge on any atom is 0.374 e. The number of fused-ring (bicyclic) bond motifs is 5. The lowest BCUT2D eigenvalue weighted by Gasteiger charge is -2.60. The monoisotopic (exact) mass is 404 g/mol. The summed E-state index contributed by atoms with van der Waals surface area (Å²) in [6, 6.07) is 0. The van der Waals surface area contributed by atoms with Crippen LogP contribution in [0.5, 0.6) is 0 Å². The highest BCUT2D eigenvalue weighted by atomic mass is 16.4. The van der Waals surface area contributed by atoms with Gasteiger partial charge >= 0.3 is 5.97 Å². The van der Waals surface area contributed by atoms with E-state index < -0.39 is 23.4 Å². The lowest BCUT2D eigenvalue weighted by Crippen LogP contribution is -2.53. The normalized spacial score (nSPS) is 45.9. The second kappa shape index (κ2) is 7.31. The minimum absolute atomic E-state index is 0.0859. The summed E-state index contributed by atoms with van der Waals surface area (Å²) in [5.41, 5.74) is 0.367. The van der Waals surface area contributed by atoms with E-state index in [9.17, 15) is 19.8 Å². The van der Waals surface area contributed by atoms with E-state index in [2.05, 4.69) is 13.8 Å².